The van der Waals surface area contributed by atoms with Crippen LogP contribution in [0.5, 0.6) is 0 Å². The summed E-state index contributed by atoms with van der Waals surface area (Å²) in [6.07, 6.45) is 0. The molecule has 0 saturated heterocycles. The molecule has 0 heterocycles. The van der Waals surface area contributed by atoms with Crippen LogP contribution in [0.1, 0.15) is 27.7 Å². The lowest BCUT2D eigenvalue weighted by Gasteiger charge is -2.16. The van der Waals surface area contributed by atoms with Crippen LogP contribution >= 0.6 is 0 Å². The number of allylic oxidation sites excluding steroid dienone is 2. The van der Waals surface area contributed by atoms with E-state index in [2.05, 4.69) is 0 Å². The second kappa shape index (κ2) is 5.56. The van der Waals surface area contributed by atoms with Gasteiger partial charge < -0.3 is 16.6 Å². The Balaban J connectivity index is 5.48. The fourth-order valence-corrected chi connectivity index (χ4v) is 1.51. The smallest absolute Gasteiger partial charge is 0.156 e. The zero-order valence-electron chi connectivity index (χ0n) is 9.79. The maximum atomic E-state index is 11.4. The van der Waals surface area contributed by atoms with Gasteiger partial charge in [-0.3, -0.25) is 4.79 Å². The van der Waals surface area contributed by atoms with E-state index in [4.69, 9.17) is 11.5 Å². The summed E-state index contributed by atoms with van der Waals surface area (Å²) in [5.74, 6) is -0.0921. The first-order chi connectivity index (χ1) is 6.82. The van der Waals surface area contributed by atoms with E-state index in [9.17, 15) is 9.90 Å². The normalized spacial score (nSPS) is 16.6. The number of aliphatic hydroxyl groups is 1. The predicted molar refractivity (Wildman–Crippen MR) is 61.1 cm³/mol. The molecule has 0 aliphatic heterocycles. The molecule has 0 aliphatic carbocycles. The van der Waals surface area contributed by atoms with E-state index in [-0.39, 0.29) is 23.2 Å². The lowest BCUT2D eigenvalue weighted by molar-refractivity contribution is -0.114. The van der Waals surface area contributed by atoms with E-state index in [1.54, 1.807) is 6.92 Å². The van der Waals surface area contributed by atoms with Gasteiger partial charge in [0.25, 0.3) is 0 Å². The topological polar surface area (TPSA) is 89.3 Å². The minimum absolute atomic E-state index is 0.0236. The number of ketones is 1. The summed E-state index contributed by atoms with van der Waals surface area (Å²) in [7, 11) is 0. The lowest BCUT2D eigenvalue weighted by atomic mass is 9.92. The minimum atomic E-state index is -0.0605. The molecule has 0 aromatic rings. The third kappa shape index (κ3) is 3.40. The Bertz CT molecular complexity index is 313. The average molecular weight is 212 g/mol. The molecule has 0 aromatic heterocycles. The van der Waals surface area contributed by atoms with E-state index >= 15 is 0 Å². The maximum Gasteiger partial charge on any atom is 0.156 e. The Kier molecular flexibility index (Phi) is 5.08. The summed E-state index contributed by atoms with van der Waals surface area (Å²) in [5.41, 5.74) is 12.6. The van der Waals surface area contributed by atoms with Gasteiger partial charge in [0.2, 0.25) is 0 Å². The summed E-state index contributed by atoms with van der Waals surface area (Å²) in [6.45, 7) is 6.93. The molecule has 0 amide bonds. The third-order valence-corrected chi connectivity index (χ3v) is 2.42. The van der Waals surface area contributed by atoms with Gasteiger partial charge in [-0.25, -0.2) is 0 Å². The first kappa shape index (κ1) is 13.7. The van der Waals surface area contributed by atoms with Crippen LogP contribution in [0.15, 0.2) is 22.6 Å². The molecular weight excluding hydrogens is 192 g/mol. The Morgan fingerprint density at radius 2 is 1.80 bits per heavy atom. The van der Waals surface area contributed by atoms with Crippen molar-refractivity contribution < 1.29 is 9.90 Å². The number of rotatable bonds is 4. The van der Waals surface area contributed by atoms with E-state index in [1.165, 1.54) is 13.8 Å². The van der Waals surface area contributed by atoms with Crippen molar-refractivity contribution in [3.05, 3.63) is 22.6 Å². The molecule has 5 N–H and O–H groups in total. The van der Waals surface area contributed by atoms with Crippen molar-refractivity contribution in [1.29, 1.82) is 0 Å². The van der Waals surface area contributed by atoms with Crippen molar-refractivity contribution in [1.82, 2.24) is 0 Å². The van der Waals surface area contributed by atoms with E-state index in [1.807, 2.05) is 6.92 Å². The number of nitrogens with two attached hydrogens (primary N) is 2. The summed E-state index contributed by atoms with van der Waals surface area (Å²) in [5, 5.41) is 9.25. The molecule has 1 atom stereocenters. The second-order valence-corrected chi connectivity index (χ2v) is 3.73. The minimum Gasteiger partial charge on any atom is -0.510 e. The standard InChI is InChI=1S/C11H20N2O2/c1-6(5-12)10(8(3)14)7(2)11(13)9(4)15/h6,15H,5,12-13H2,1-4H3/b10-7-,11-9-/t6-/m0/s1. The van der Waals surface area contributed by atoms with Crippen molar-refractivity contribution >= 4 is 5.78 Å². The first-order valence-electron chi connectivity index (χ1n) is 4.90. The number of carbonyl (C=O) groups excluding carboxylic acids is 1. The maximum absolute atomic E-state index is 11.4. The van der Waals surface area contributed by atoms with Gasteiger partial charge in [0.15, 0.2) is 5.78 Å². The first-order valence-corrected chi connectivity index (χ1v) is 4.90. The molecule has 0 unspecified atom stereocenters. The highest BCUT2D eigenvalue weighted by Crippen LogP contribution is 2.20. The van der Waals surface area contributed by atoms with Crippen LogP contribution in [0.3, 0.4) is 0 Å². The summed E-state index contributed by atoms with van der Waals surface area (Å²) in [6, 6.07) is 0. The van der Waals surface area contributed by atoms with Gasteiger partial charge in [0.1, 0.15) is 5.76 Å². The fraction of sp³-hybridized carbons (Fsp3) is 0.545. The fourth-order valence-electron chi connectivity index (χ4n) is 1.51. The predicted octanol–water partition coefficient (Wildman–Crippen LogP) is 1.23. The highest BCUT2D eigenvalue weighted by atomic mass is 16.3. The molecular formula is C11H20N2O2. The molecule has 0 bridgehead atoms. The van der Waals surface area contributed by atoms with Gasteiger partial charge in [-0.1, -0.05) is 6.92 Å². The van der Waals surface area contributed by atoms with Crippen LogP contribution < -0.4 is 11.5 Å². The molecule has 0 spiro atoms. The summed E-state index contributed by atoms with van der Waals surface area (Å²) >= 11 is 0. The van der Waals surface area contributed by atoms with Crippen molar-refractivity contribution in [3.63, 3.8) is 0 Å². The van der Waals surface area contributed by atoms with Crippen molar-refractivity contribution in [2.24, 2.45) is 17.4 Å². The van der Waals surface area contributed by atoms with Gasteiger partial charge in [-0.05, 0) is 38.8 Å². The van der Waals surface area contributed by atoms with E-state index in [0.29, 0.717) is 17.7 Å². The van der Waals surface area contributed by atoms with Crippen LogP contribution in [0.25, 0.3) is 0 Å². The van der Waals surface area contributed by atoms with Gasteiger partial charge in [-0.15, -0.1) is 0 Å². The molecule has 0 fully saturated rings. The molecule has 0 aliphatic rings. The van der Waals surface area contributed by atoms with Crippen LogP contribution in [0.4, 0.5) is 0 Å². The van der Waals surface area contributed by atoms with E-state index < -0.39 is 0 Å². The zero-order valence-corrected chi connectivity index (χ0v) is 9.79. The Labute approximate surface area is 90.6 Å². The van der Waals surface area contributed by atoms with E-state index in [0.717, 1.165) is 0 Å². The molecule has 0 saturated carbocycles. The average Bonchev–Trinajstić information content (AvgIpc) is 2.15. The highest BCUT2D eigenvalue weighted by Gasteiger charge is 2.17. The van der Waals surface area contributed by atoms with Crippen LogP contribution in [-0.4, -0.2) is 17.4 Å². The lowest BCUT2D eigenvalue weighted by Crippen LogP contribution is -2.20. The monoisotopic (exact) mass is 212 g/mol. The molecule has 15 heavy (non-hydrogen) atoms. The molecule has 0 aromatic carbocycles. The number of hydrogen-bond donors (Lipinski definition) is 3. The number of hydrogen-bond acceptors (Lipinski definition) is 4. The Morgan fingerprint density at radius 3 is 2.07 bits per heavy atom. The molecule has 0 radical (unpaired) electrons. The van der Waals surface area contributed by atoms with Gasteiger partial charge in [-0.2, -0.15) is 0 Å². The van der Waals surface area contributed by atoms with Crippen molar-refractivity contribution in [2.45, 2.75) is 27.7 Å². The van der Waals surface area contributed by atoms with Crippen LogP contribution in [0, 0.1) is 5.92 Å². The molecule has 4 nitrogen and oxygen atoms in total. The number of carbonyl (C=O) groups is 1. The Hall–Kier alpha value is -1.29. The molecule has 4 heteroatoms. The summed E-state index contributed by atoms with van der Waals surface area (Å²) in [4.78, 5) is 11.4. The van der Waals surface area contributed by atoms with Crippen molar-refractivity contribution in [3.8, 4) is 0 Å². The van der Waals surface area contributed by atoms with Crippen LogP contribution in [-0.2, 0) is 4.79 Å². The molecule has 0 rings (SSSR count). The number of Topliss-reactive ketones (excluding diaryl/α,β-unsaturated/α-hetero) is 1. The SMILES string of the molecule is CC(=O)/C(=C(C)\C(N)=C(/C)O)[C@@H](C)CN. The van der Waals surface area contributed by atoms with Gasteiger partial charge in [0.05, 0.1) is 5.70 Å². The number of aliphatic hydroxyl groups excluding tert-OH is 1. The van der Waals surface area contributed by atoms with Gasteiger partial charge >= 0.3 is 0 Å². The van der Waals surface area contributed by atoms with Crippen molar-refractivity contribution in [2.75, 3.05) is 6.54 Å². The zero-order chi connectivity index (χ0) is 12.2. The Morgan fingerprint density at radius 1 is 1.33 bits per heavy atom. The largest absolute Gasteiger partial charge is 0.510 e. The molecule has 86 valence electrons. The highest BCUT2D eigenvalue weighted by molar-refractivity contribution is 5.95. The quantitative estimate of drug-likeness (QED) is 0.371. The third-order valence-electron chi connectivity index (χ3n) is 2.42. The van der Waals surface area contributed by atoms with Crippen LogP contribution in [0.2, 0.25) is 0 Å². The van der Waals surface area contributed by atoms with Gasteiger partial charge in [0, 0.05) is 5.57 Å². The second-order valence-electron chi connectivity index (χ2n) is 3.73. The summed E-state index contributed by atoms with van der Waals surface area (Å²) < 4.78 is 0.